The number of hydrogen-bond acceptors (Lipinski definition) is 5. The minimum absolute atomic E-state index is 0.106. The molecule has 0 bridgehead atoms. The van der Waals surface area contributed by atoms with Crippen LogP contribution in [0.1, 0.15) is 40.2 Å². The van der Waals surface area contributed by atoms with Gasteiger partial charge in [0.1, 0.15) is 34.5 Å². The van der Waals surface area contributed by atoms with Crippen molar-refractivity contribution < 1.29 is 14.3 Å². The number of anilines is 1. The molecule has 0 aromatic carbocycles. The lowest BCUT2D eigenvalue weighted by atomic mass is 10.1. The molecule has 3 aromatic rings. The van der Waals surface area contributed by atoms with Gasteiger partial charge in [-0.15, -0.1) is 0 Å². The second-order valence-electron chi connectivity index (χ2n) is 8.37. The van der Waals surface area contributed by atoms with Gasteiger partial charge in [0.15, 0.2) is 6.20 Å². The number of amides is 2. The van der Waals surface area contributed by atoms with Gasteiger partial charge in [-0.2, -0.15) is 0 Å². The van der Waals surface area contributed by atoms with Crippen molar-refractivity contribution in [2.45, 2.75) is 31.8 Å². The highest BCUT2D eigenvalue weighted by atomic mass is 16.5. The lowest BCUT2D eigenvalue weighted by molar-refractivity contribution is 0.0767. The number of nitrogens with zero attached hydrogens (tertiary/aromatic N) is 4. The summed E-state index contributed by atoms with van der Waals surface area (Å²) in [5.74, 6) is -0.409. The van der Waals surface area contributed by atoms with Gasteiger partial charge in [0.2, 0.25) is 0 Å². The van der Waals surface area contributed by atoms with E-state index in [0.29, 0.717) is 41.9 Å². The molecule has 6 rings (SSSR count). The fourth-order valence-electron chi connectivity index (χ4n) is 4.63. The third-order valence-corrected chi connectivity index (χ3v) is 6.31. The van der Waals surface area contributed by atoms with Crippen molar-refractivity contribution in [1.82, 2.24) is 24.4 Å². The molecule has 1 saturated heterocycles. The van der Waals surface area contributed by atoms with Gasteiger partial charge in [0.25, 0.3) is 11.8 Å². The molecule has 1 fully saturated rings. The quantitative estimate of drug-likeness (QED) is 0.579. The van der Waals surface area contributed by atoms with Crippen LogP contribution in [0.4, 0.5) is 5.69 Å². The first-order chi connectivity index (χ1) is 15.7. The number of carbonyl (C=O) groups is 2. The molecular weight excluding hydrogens is 408 g/mol. The summed E-state index contributed by atoms with van der Waals surface area (Å²) < 4.78 is 9.53. The number of hydrogen-bond donors (Lipinski definition) is 2. The summed E-state index contributed by atoms with van der Waals surface area (Å²) in [4.78, 5) is 34.3. The number of rotatable bonds is 3. The number of ether oxygens (including phenoxy) is 1. The van der Waals surface area contributed by atoms with Gasteiger partial charge in [-0.25, -0.2) is 9.56 Å². The van der Waals surface area contributed by atoms with Crippen LogP contribution in [0.3, 0.4) is 0 Å². The van der Waals surface area contributed by atoms with Gasteiger partial charge < -0.3 is 19.9 Å². The van der Waals surface area contributed by atoms with Gasteiger partial charge in [-0.1, -0.05) is 0 Å². The highest BCUT2D eigenvalue weighted by Crippen LogP contribution is 2.21. The summed E-state index contributed by atoms with van der Waals surface area (Å²) in [5, 5.41) is 7.65. The van der Waals surface area contributed by atoms with E-state index in [1.165, 1.54) is 0 Å². The van der Waals surface area contributed by atoms with E-state index in [2.05, 4.69) is 31.4 Å². The summed E-state index contributed by atoms with van der Waals surface area (Å²) in [6, 6.07) is 7.71. The van der Waals surface area contributed by atoms with E-state index in [9.17, 15) is 9.59 Å². The molecule has 0 aliphatic carbocycles. The van der Waals surface area contributed by atoms with Crippen molar-refractivity contribution in [3.8, 4) is 0 Å². The van der Waals surface area contributed by atoms with E-state index in [1.807, 2.05) is 22.8 Å². The van der Waals surface area contributed by atoms with Gasteiger partial charge in [-0.3, -0.25) is 9.59 Å². The third kappa shape index (κ3) is 3.16. The maximum Gasteiger partial charge on any atom is 0.334 e. The number of fused-ring (bicyclic) bond motifs is 4. The van der Waals surface area contributed by atoms with Crippen molar-refractivity contribution in [2.75, 3.05) is 25.1 Å². The molecule has 3 aromatic heterocycles. The maximum atomic E-state index is 12.9. The van der Waals surface area contributed by atoms with Crippen molar-refractivity contribution in [2.24, 2.45) is 0 Å². The molecule has 2 amide bonds. The molecule has 162 valence electrons. The molecule has 2 N–H and O–H groups in total. The fraction of sp³-hybridized carbons (Fsp3) is 0.348. The molecule has 32 heavy (non-hydrogen) atoms. The molecule has 0 radical (unpaired) electrons. The Morgan fingerprint density at radius 3 is 2.97 bits per heavy atom. The maximum absolute atomic E-state index is 12.9. The molecule has 9 heteroatoms. The Labute approximate surface area is 183 Å². The van der Waals surface area contributed by atoms with Crippen LogP contribution in [0, 0.1) is 0 Å². The van der Waals surface area contributed by atoms with Crippen molar-refractivity contribution in [1.29, 1.82) is 0 Å². The minimum atomic E-state index is -0.303. The molecule has 0 saturated carbocycles. The highest BCUT2D eigenvalue weighted by molar-refractivity contribution is 6.04. The number of aryl methyl sites for hydroxylation is 1. The Morgan fingerprint density at radius 2 is 2.12 bits per heavy atom. The second kappa shape index (κ2) is 7.52. The molecule has 9 nitrogen and oxygen atoms in total. The first-order valence-electron chi connectivity index (χ1n) is 11.0. The monoisotopic (exact) mass is 431 g/mol. The van der Waals surface area contributed by atoms with E-state index in [-0.39, 0.29) is 11.8 Å². The molecule has 6 heterocycles. The SMILES string of the molecule is O=C(Nc1cnc2c(c1)=C[N+]=2C1CCOCC1)c1ccc2cc3n(c2n1)CCCNC3=O. The predicted molar refractivity (Wildman–Crippen MR) is 118 cm³/mol. The van der Waals surface area contributed by atoms with Gasteiger partial charge in [0, 0.05) is 31.3 Å². The minimum Gasteiger partial charge on any atom is -0.381 e. The van der Waals surface area contributed by atoms with Crippen molar-refractivity contribution >= 4 is 34.7 Å². The van der Waals surface area contributed by atoms with Crippen LogP contribution in [0.15, 0.2) is 30.5 Å². The van der Waals surface area contributed by atoms with Gasteiger partial charge in [-0.05, 0) is 35.7 Å². The van der Waals surface area contributed by atoms with E-state index < -0.39 is 0 Å². The topological polar surface area (TPSA) is 101 Å². The second-order valence-corrected chi connectivity index (χ2v) is 8.37. The van der Waals surface area contributed by atoms with Crippen LogP contribution in [-0.2, 0) is 11.3 Å². The molecule has 0 spiro atoms. The zero-order chi connectivity index (χ0) is 21.7. The number of pyridine rings is 2. The summed E-state index contributed by atoms with van der Waals surface area (Å²) >= 11 is 0. The average molecular weight is 431 g/mol. The largest absolute Gasteiger partial charge is 0.381 e. The summed E-state index contributed by atoms with van der Waals surface area (Å²) in [6.45, 7) is 2.89. The van der Waals surface area contributed by atoms with E-state index >= 15 is 0 Å². The Bertz CT molecular complexity index is 1390. The Kier molecular flexibility index (Phi) is 4.50. The zero-order valence-electron chi connectivity index (χ0n) is 17.5. The first kappa shape index (κ1) is 19.1. The van der Waals surface area contributed by atoms with E-state index in [1.54, 1.807) is 12.3 Å². The Hall–Kier alpha value is -3.59. The van der Waals surface area contributed by atoms with Crippen molar-refractivity contribution in [3.05, 3.63) is 52.6 Å². The highest BCUT2D eigenvalue weighted by Gasteiger charge is 2.26. The molecule has 0 atom stereocenters. The lowest BCUT2D eigenvalue weighted by Crippen LogP contribution is -2.54. The zero-order valence-corrected chi connectivity index (χ0v) is 17.5. The van der Waals surface area contributed by atoms with Crippen LogP contribution in [0.2, 0.25) is 0 Å². The smallest absolute Gasteiger partial charge is 0.334 e. The predicted octanol–water partition coefficient (Wildman–Crippen LogP) is 0.239. The number of aromatic nitrogens is 3. The van der Waals surface area contributed by atoms with Crippen molar-refractivity contribution in [3.63, 3.8) is 0 Å². The van der Waals surface area contributed by atoms with E-state index in [4.69, 9.17) is 4.74 Å². The van der Waals surface area contributed by atoms with Gasteiger partial charge in [0.05, 0.1) is 18.9 Å². The summed E-state index contributed by atoms with van der Waals surface area (Å²) in [7, 11) is 0. The normalized spacial score (nSPS) is 18.1. The summed E-state index contributed by atoms with van der Waals surface area (Å²) in [6.07, 6.45) is 6.58. The first-order valence-corrected chi connectivity index (χ1v) is 11.0. The molecule has 0 unspecified atom stereocenters. The van der Waals surface area contributed by atoms with Crippen LogP contribution < -0.4 is 25.9 Å². The Morgan fingerprint density at radius 1 is 1.25 bits per heavy atom. The van der Waals surface area contributed by atoms with Crippen LogP contribution in [0.5, 0.6) is 0 Å². The number of nitrogens with one attached hydrogen (secondary N) is 2. The Balaban J connectivity index is 1.25. The standard InChI is InChI=1S/C23H22N6O3/c30-22(18-3-2-14-11-19-23(31)24-6-1-7-28(19)21(14)27-18)26-16-10-15-13-29(20(15)25-12-16)17-4-8-32-9-5-17/h2-3,10-13,17H,1,4-9H2,(H-,24,26,30,31)/p+1. The lowest BCUT2D eigenvalue weighted by Gasteiger charge is -2.23. The number of carbonyl (C=O) groups excluding carboxylic acids is 2. The van der Waals surface area contributed by atoms with Gasteiger partial charge >= 0.3 is 5.49 Å². The van der Waals surface area contributed by atoms with Crippen LogP contribution >= 0.6 is 0 Å². The third-order valence-electron chi connectivity index (χ3n) is 6.31. The molecular formula is C23H23N6O3+. The van der Waals surface area contributed by atoms with Crippen LogP contribution in [0.25, 0.3) is 17.2 Å². The fourth-order valence-corrected chi connectivity index (χ4v) is 4.63. The van der Waals surface area contributed by atoms with Crippen LogP contribution in [-0.4, -0.2) is 52.1 Å². The van der Waals surface area contributed by atoms with E-state index in [0.717, 1.165) is 48.6 Å². The molecule has 3 aliphatic rings. The summed E-state index contributed by atoms with van der Waals surface area (Å²) in [5.41, 5.74) is 3.12. The average Bonchev–Trinajstić information content (AvgIpc) is 3.06. The molecule has 3 aliphatic heterocycles.